The molecule has 0 saturated heterocycles. The second-order valence-corrected chi connectivity index (χ2v) is 11.8. The number of hydrogen-bond acceptors (Lipinski definition) is 6. The molecule has 154 valence electrons. The molecular formula is C19H23IO7S. The Labute approximate surface area is 172 Å². The van der Waals surface area contributed by atoms with Crippen LogP contribution in [0.3, 0.4) is 0 Å². The fraction of sp³-hybridized carbons (Fsp3) is 0.316. The number of benzene rings is 2. The molecule has 2 rings (SSSR count). The molecule has 7 nitrogen and oxygen atoms in total. The molecule has 0 saturated carbocycles. The van der Waals surface area contributed by atoms with Gasteiger partial charge in [-0.25, -0.2) is 0 Å². The Morgan fingerprint density at radius 2 is 1.64 bits per heavy atom. The summed E-state index contributed by atoms with van der Waals surface area (Å²) < 4.78 is 49.1. The average molecular weight is 522 g/mol. The summed E-state index contributed by atoms with van der Waals surface area (Å²) in [7, 11) is -4.62. The van der Waals surface area contributed by atoms with Crippen molar-refractivity contribution in [1.29, 1.82) is 0 Å². The van der Waals surface area contributed by atoms with E-state index in [9.17, 15) is 17.8 Å². The van der Waals surface area contributed by atoms with Gasteiger partial charge in [-0.1, -0.05) is 0 Å². The van der Waals surface area contributed by atoms with E-state index < -0.39 is 36.6 Å². The molecule has 0 radical (unpaired) electrons. The van der Waals surface area contributed by atoms with Gasteiger partial charge < -0.3 is 0 Å². The molecule has 0 bridgehead atoms. The van der Waals surface area contributed by atoms with E-state index >= 15 is 0 Å². The Morgan fingerprint density at radius 3 is 2.14 bits per heavy atom. The number of halogens is 1. The fourth-order valence-corrected chi connectivity index (χ4v) is 8.99. The van der Waals surface area contributed by atoms with Crippen LogP contribution in [0, 0.1) is 27.9 Å². The standard InChI is InChI=1S/C19H23IO7S/c1-5-25-18(21)12-26-17-8-6-16(7-9-17)20(27-28(22,23)24)19-14(3)10-13(2)11-15(19)4/h6-11H,5,12H2,1-4H3,(H,22,23,24). The minimum absolute atomic E-state index is 0.215. The first-order valence-electron chi connectivity index (χ1n) is 8.44. The van der Waals surface area contributed by atoms with Gasteiger partial charge in [0, 0.05) is 0 Å². The Balaban J connectivity index is 2.34. The summed E-state index contributed by atoms with van der Waals surface area (Å²) in [6, 6.07) is 10.6. The molecule has 1 N–H and O–H groups in total. The first kappa shape index (κ1) is 22.6. The quantitative estimate of drug-likeness (QED) is 0.320. The molecule has 0 aliphatic rings. The molecule has 0 aliphatic heterocycles. The second kappa shape index (κ2) is 9.68. The third kappa shape index (κ3) is 6.43. The molecule has 0 aliphatic carbocycles. The van der Waals surface area contributed by atoms with Crippen molar-refractivity contribution in [1.82, 2.24) is 0 Å². The van der Waals surface area contributed by atoms with E-state index in [1.54, 1.807) is 31.2 Å². The van der Waals surface area contributed by atoms with Crippen LogP contribution in [0.5, 0.6) is 5.75 Å². The van der Waals surface area contributed by atoms with Gasteiger partial charge in [0.1, 0.15) is 0 Å². The first-order chi connectivity index (χ1) is 13.1. The zero-order valence-electron chi connectivity index (χ0n) is 16.1. The number of aryl methyl sites for hydroxylation is 3. The van der Waals surface area contributed by atoms with Gasteiger partial charge >= 0.3 is 173 Å². The van der Waals surface area contributed by atoms with Crippen molar-refractivity contribution in [3.8, 4) is 5.75 Å². The van der Waals surface area contributed by atoms with Gasteiger partial charge in [-0.05, 0) is 0 Å². The van der Waals surface area contributed by atoms with Crippen molar-refractivity contribution in [3.05, 3.63) is 60.2 Å². The Hall–Kier alpha value is -1.69. The van der Waals surface area contributed by atoms with Crippen molar-refractivity contribution >= 4 is 36.6 Å². The molecule has 0 unspecified atom stereocenters. The monoisotopic (exact) mass is 522 g/mol. The van der Waals surface area contributed by atoms with Crippen LogP contribution in [0.4, 0.5) is 0 Å². The summed E-state index contributed by atoms with van der Waals surface area (Å²) >= 11 is -2.95. The van der Waals surface area contributed by atoms with Gasteiger partial charge in [-0.3, -0.25) is 0 Å². The molecule has 2 aromatic rings. The van der Waals surface area contributed by atoms with E-state index in [2.05, 4.69) is 0 Å². The van der Waals surface area contributed by atoms with E-state index in [1.807, 2.05) is 32.9 Å². The topological polar surface area (TPSA) is 99.1 Å². The number of ether oxygens (including phenoxy) is 2. The van der Waals surface area contributed by atoms with E-state index in [-0.39, 0.29) is 13.2 Å². The van der Waals surface area contributed by atoms with E-state index in [0.29, 0.717) is 9.32 Å². The molecule has 0 amide bonds. The van der Waals surface area contributed by atoms with Crippen LogP contribution in [0.25, 0.3) is 0 Å². The average Bonchev–Trinajstić information content (AvgIpc) is 2.58. The normalized spacial score (nSPS) is 11.8. The van der Waals surface area contributed by atoms with Gasteiger partial charge in [0.15, 0.2) is 0 Å². The third-order valence-corrected chi connectivity index (χ3v) is 10.8. The predicted octanol–water partition coefficient (Wildman–Crippen LogP) is 3.83. The molecule has 9 heteroatoms. The summed E-state index contributed by atoms with van der Waals surface area (Å²) in [6.45, 7) is 7.52. The molecule has 2 aromatic carbocycles. The number of hydrogen-bond donors (Lipinski definition) is 1. The second-order valence-electron chi connectivity index (χ2n) is 6.00. The van der Waals surface area contributed by atoms with Crippen LogP contribution in [0.15, 0.2) is 36.4 Å². The van der Waals surface area contributed by atoms with Crippen LogP contribution < -0.4 is 4.74 Å². The maximum atomic E-state index is 11.5. The number of rotatable bonds is 8. The Kier molecular flexibility index (Phi) is 7.81. The Bertz CT molecular complexity index is 916. The zero-order chi connectivity index (χ0) is 20.9. The van der Waals surface area contributed by atoms with Crippen molar-refractivity contribution in [2.45, 2.75) is 27.7 Å². The molecule has 28 heavy (non-hydrogen) atoms. The predicted molar refractivity (Wildman–Crippen MR) is 113 cm³/mol. The summed E-state index contributed by atoms with van der Waals surface area (Å²) in [5.74, 6) is -0.0301. The van der Waals surface area contributed by atoms with Crippen LogP contribution in [0.2, 0.25) is 0 Å². The van der Waals surface area contributed by atoms with Crippen molar-refractivity contribution in [2.24, 2.45) is 0 Å². The SMILES string of the molecule is CCOC(=O)COc1ccc(I(OS(=O)(=O)O)c2c(C)cc(C)cc2C)cc1. The van der Waals surface area contributed by atoms with Gasteiger partial charge in [-0.2, -0.15) is 0 Å². The molecular weight excluding hydrogens is 499 g/mol. The summed E-state index contributed by atoms with van der Waals surface area (Å²) in [6.07, 6.45) is 0. The Morgan fingerprint density at radius 1 is 1.07 bits per heavy atom. The molecule has 0 aromatic heterocycles. The number of esters is 1. The minimum atomic E-state index is -4.62. The molecule has 0 spiro atoms. The molecule has 0 heterocycles. The van der Waals surface area contributed by atoms with Crippen LogP contribution in [0.1, 0.15) is 23.6 Å². The van der Waals surface area contributed by atoms with Gasteiger partial charge in [0.05, 0.1) is 0 Å². The molecule has 0 fully saturated rings. The first-order valence-corrected chi connectivity index (χ1v) is 12.8. The number of carbonyl (C=O) groups is 1. The van der Waals surface area contributed by atoms with E-state index in [0.717, 1.165) is 20.3 Å². The van der Waals surface area contributed by atoms with Crippen LogP contribution >= 0.6 is 20.2 Å². The van der Waals surface area contributed by atoms with Crippen molar-refractivity contribution in [3.63, 3.8) is 0 Å². The van der Waals surface area contributed by atoms with Gasteiger partial charge in [0.2, 0.25) is 0 Å². The summed E-state index contributed by atoms with van der Waals surface area (Å²) in [5.41, 5.74) is 2.88. The van der Waals surface area contributed by atoms with E-state index in [4.69, 9.17) is 12.0 Å². The maximum absolute atomic E-state index is 11.5. The summed E-state index contributed by atoms with van der Waals surface area (Å²) in [5, 5.41) is 0. The fourth-order valence-electron chi connectivity index (χ4n) is 2.68. The zero-order valence-corrected chi connectivity index (χ0v) is 19.0. The van der Waals surface area contributed by atoms with Crippen molar-refractivity contribution < 1.29 is 29.8 Å². The van der Waals surface area contributed by atoms with Crippen LogP contribution in [-0.2, 0) is 22.4 Å². The number of carbonyl (C=O) groups excluding carboxylic acids is 1. The summed E-state index contributed by atoms with van der Waals surface area (Å²) in [4.78, 5) is 11.4. The van der Waals surface area contributed by atoms with Crippen LogP contribution in [-0.4, -0.2) is 32.2 Å². The van der Waals surface area contributed by atoms with E-state index in [1.165, 1.54) is 0 Å². The molecule has 0 atom stereocenters. The van der Waals surface area contributed by atoms with Gasteiger partial charge in [0.25, 0.3) is 0 Å². The third-order valence-electron chi connectivity index (χ3n) is 3.57. The van der Waals surface area contributed by atoms with Gasteiger partial charge in [-0.15, -0.1) is 0 Å². The van der Waals surface area contributed by atoms with Crippen molar-refractivity contribution in [2.75, 3.05) is 13.2 Å².